The molecule has 1 heterocycles. The highest BCUT2D eigenvalue weighted by molar-refractivity contribution is 8.00. The number of hydrogen-bond acceptors (Lipinski definition) is 3. The minimum Gasteiger partial charge on any atom is -0.481 e. The molecule has 1 saturated carbocycles. The largest absolute Gasteiger partial charge is 0.481 e. The van der Waals surface area contributed by atoms with Crippen molar-refractivity contribution in [2.24, 2.45) is 5.92 Å². The van der Waals surface area contributed by atoms with Crippen LogP contribution in [0.25, 0.3) is 0 Å². The fourth-order valence-corrected chi connectivity index (χ4v) is 4.33. The molecule has 0 aromatic carbocycles. The lowest BCUT2D eigenvalue weighted by atomic mass is 9.95. The van der Waals surface area contributed by atoms with Gasteiger partial charge in [-0.25, -0.2) is 4.79 Å². The summed E-state index contributed by atoms with van der Waals surface area (Å²) in [6, 6.07) is -0.322. The molecule has 21 heavy (non-hydrogen) atoms. The molecule has 2 unspecified atom stereocenters. The highest BCUT2D eigenvalue weighted by atomic mass is 32.2. The summed E-state index contributed by atoms with van der Waals surface area (Å²) in [6.45, 7) is 5.74. The average molecular weight is 314 g/mol. The van der Waals surface area contributed by atoms with Crippen LogP contribution in [0.2, 0.25) is 0 Å². The van der Waals surface area contributed by atoms with Gasteiger partial charge in [-0.15, -0.1) is 0 Å². The number of nitrogens with zero attached hydrogens (tertiary/aromatic N) is 1. The third-order valence-corrected chi connectivity index (χ3v) is 5.65. The number of carboxylic acid groups (broad SMARTS) is 1. The summed E-state index contributed by atoms with van der Waals surface area (Å²) >= 11 is 1.88. The summed E-state index contributed by atoms with van der Waals surface area (Å²) in [7, 11) is 0. The third kappa shape index (κ3) is 4.53. The number of nitrogens with one attached hydrogen (secondary N) is 1. The smallest absolute Gasteiger partial charge is 0.317 e. The van der Waals surface area contributed by atoms with Crippen molar-refractivity contribution in [2.75, 3.05) is 18.8 Å². The van der Waals surface area contributed by atoms with Crippen molar-refractivity contribution in [3.8, 4) is 0 Å². The number of rotatable bonds is 2. The minimum absolute atomic E-state index is 0.0746. The maximum atomic E-state index is 12.4. The first-order valence-electron chi connectivity index (χ1n) is 7.81. The van der Waals surface area contributed by atoms with Gasteiger partial charge in [-0.1, -0.05) is 19.3 Å². The first-order chi connectivity index (χ1) is 9.89. The van der Waals surface area contributed by atoms with E-state index in [4.69, 9.17) is 0 Å². The zero-order chi connectivity index (χ0) is 15.5. The van der Waals surface area contributed by atoms with Crippen LogP contribution in [0.3, 0.4) is 0 Å². The Morgan fingerprint density at radius 2 is 1.95 bits per heavy atom. The Kier molecular flexibility index (Phi) is 5.41. The van der Waals surface area contributed by atoms with Crippen LogP contribution in [0.4, 0.5) is 4.79 Å². The third-order valence-electron chi connectivity index (χ3n) is 4.35. The Balaban J connectivity index is 1.97. The summed E-state index contributed by atoms with van der Waals surface area (Å²) in [5, 5.41) is 12.4. The highest BCUT2D eigenvalue weighted by Gasteiger charge is 2.34. The molecule has 6 heteroatoms. The molecular weight excluding hydrogens is 288 g/mol. The van der Waals surface area contributed by atoms with Crippen molar-refractivity contribution in [1.82, 2.24) is 10.2 Å². The van der Waals surface area contributed by atoms with Gasteiger partial charge in [0.2, 0.25) is 0 Å². The average Bonchev–Trinajstić information content (AvgIpc) is 2.63. The minimum atomic E-state index is -0.781. The van der Waals surface area contributed by atoms with Gasteiger partial charge < -0.3 is 15.3 Å². The van der Waals surface area contributed by atoms with Crippen LogP contribution in [-0.4, -0.2) is 51.6 Å². The Labute approximate surface area is 130 Å². The SMILES string of the molecule is CC1(C)CN(C(=O)NC2CCCCCC2C(=O)O)CCS1. The summed E-state index contributed by atoms with van der Waals surface area (Å²) in [5.74, 6) is -0.284. The van der Waals surface area contributed by atoms with Crippen LogP contribution in [0.1, 0.15) is 46.0 Å². The second-order valence-electron chi connectivity index (χ2n) is 6.67. The van der Waals surface area contributed by atoms with Crippen molar-refractivity contribution in [2.45, 2.75) is 56.7 Å². The van der Waals surface area contributed by atoms with E-state index in [0.29, 0.717) is 13.0 Å². The Morgan fingerprint density at radius 1 is 1.24 bits per heavy atom. The van der Waals surface area contributed by atoms with Crippen LogP contribution in [-0.2, 0) is 4.79 Å². The molecule has 2 atom stereocenters. The van der Waals surface area contributed by atoms with Gasteiger partial charge in [-0.2, -0.15) is 11.8 Å². The molecule has 1 aliphatic heterocycles. The lowest BCUT2D eigenvalue weighted by molar-refractivity contribution is -0.142. The van der Waals surface area contributed by atoms with E-state index in [1.54, 1.807) is 0 Å². The highest BCUT2D eigenvalue weighted by Crippen LogP contribution is 2.30. The molecule has 0 bridgehead atoms. The monoisotopic (exact) mass is 314 g/mol. The molecule has 2 fully saturated rings. The molecular formula is C15H26N2O3S. The fraction of sp³-hybridized carbons (Fsp3) is 0.867. The van der Waals surface area contributed by atoms with E-state index in [1.165, 1.54) is 0 Å². The second kappa shape index (κ2) is 6.90. The van der Waals surface area contributed by atoms with Crippen molar-refractivity contribution in [1.29, 1.82) is 0 Å². The zero-order valence-corrected chi connectivity index (χ0v) is 13.7. The summed E-state index contributed by atoms with van der Waals surface area (Å²) < 4.78 is 0.0746. The van der Waals surface area contributed by atoms with Gasteiger partial charge >= 0.3 is 12.0 Å². The number of carbonyl (C=O) groups is 2. The van der Waals surface area contributed by atoms with Gasteiger partial charge in [0.1, 0.15) is 0 Å². The van der Waals surface area contributed by atoms with E-state index in [2.05, 4.69) is 19.2 Å². The van der Waals surface area contributed by atoms with Crippen LogP contribution in [0.15, 0.2) is 0 Å². The number of carboxylic acids is 1. The Morgan fingerprint density at radius 3 is 2.62 bits per heavy atom. The molecule has 2 aliphatic rings. The van der Waals surface area contributed by atoms with Crippen molar-refractivity contribution < 1.29 is 14.7 Å². The van der Waals surface area contributed by atoms with Crippen LogP contribution in [0, 0.1) is 5.92 Å². The second-order valence-corrected chi connectivity index (χ2v) is 8.47. The van der Waals surface area contributed by atoms with Gasteiger partial charge in [0.05, 0.1) is 5.92 Å². The molecule has 120 valence electrons. The summed E-state index contributed by atoms with van der Waals surface area (Å²) in [5.41, 5.74) is 0. The van der Waals surface area contributed by atoms with Gasteiger partial charge in [0.15, 0.2) is 0 Å². The topological polar surface area (TPSA) is 69.6 Å². The lowest BCUT2D eigenvalue weighted by Crippen LogP contribution is -2.54. The van der Waals surface area contributed by atoms with E-state index in [0.717, 1.165) is 38.0 Å². The van der Waals surface area contributed by atoms with E-state index < -0.39 is 11.9 Å². The molecule has 2 rings (SSSR count). The summed E-state index contributed by atoms with van der Waals surface area (Å²) in [6.07, 6.45) is 4.44. The Bertz CT molecular complexity index is 400. The number of urea groups is 1. The van der Waals surface area contributed by atoms with Crippen molar-refractivity contribution in [3.63, 3.8) is 0 Å². The van der Waals surface area contributed by atoms with Crippen molar-refractivity contribution in [3.05, 3.63) is 0 Å². The number of carbonyl (C=O) groups excluding carboxylic acids is 1. The van der Waals surface area contributed by atoms with Gasteiger partial charge in [0, 0.05) is 29.6 Å². The van der Waals surface area contributed by atoms with E-state index >= 15 is 0 Å². The van der Waals surface area contributed by atoms with E-state index in [-0.39, 0.29) is 16.8 Å². The number of hydrogen-bond donors (Lipinski definition) is 2. The predicted molar refractivity (Wildman–Crippen MR) is 84.6 cm³/mol. The van der Waals surface area contributed by atoms with Crippen molar-refractivity contribution >= 4 is 23.8 Å². The zero-order valence-electron chi connectivity index (χ0n) is 12.9. The predicted octanol–water partition coefficient (Wildman–Crippen LogP) is 2.56. The van der Waals surface area contributed by atoms with Gasteiger partial charge in [-0.05, 0) is 26.7 Å². The van der Waals surface area contributed by atoms with E-state index in [9.17, 15) is 14.7 Å². The van der Waals surface area contributed by atoms with Crippen LogP contribution < -0.4 is 5.32 Å². The van der Waals surface area contributed by atoms with Gasteiger partial charge in [-0.3, -0.25) is 4.79 Å². The molecule has 1 aliphatic carbocycles. The van der Waals surface area contributed by atoms with E-state index in [1.807, 2.05) is 16.7 Å². The number of amides is 2. The maximum Gasteiger partial charge on any atom is 0.317 e. The molecule has 0 spiro atoms. The summed E-state index contributed by atoms with van der Waals surface area (Å²) in [4.78, 5) is 25.7. The normalized spacial score (nSPS) is 29.5. The maximum absolute atomic E-state index is 12.4. The molecule has 0 aromatic rings. The number of thioether (sulfide) groups is 1. The first kappa shape index (κ1) is 16.5. The fourth-order valence-electron chi connectivity index (χ4n) is 3.22. The molecule has 0 radical (unpaired) electrons. The molecule has 5 nitrogen and oxygen atoms in total. The Hall–Kier alpha value is -0.910. The molecule has 2 N–H and O–H groups in total. The van der Waals surface area contributed by atoms with Gasteiger partial charge in [0.25, 0.3) is 0 Å². The molecule has 2 amide bonds. The van der Waals surface area contributed by atoms with Crippen LogP contribution >= 0.6 is 11.8 Å². The lowest BCUT2D eigenvalue weighted by Gasteiger charge is -2.38. The first-order valence-corrected chi connectivity index (χ1v) is 8.80. The quantitative estimate of drug-likeness (QED) is 0.769. The van der Waals surface area contributed by atoms with Crippen LogP contribution in [0.5, 0.6) is 0 Å². The molecule has 0 aromatic heterocycles. The standard InChI is InChI=1S/C15H26N2O3S/c1-15(2)10-17(8-9-21-15)14(20)16-12-7-5-3-4-6-11(12)13(18)19/h11-12H,3-10H2,1-2H3,(H,16,20)(H,18,19). The number of aliphatic carboxylic acids is 1. The molecule has 1 saturated heterocycles.